The van der Waals surface area contributed by atoms with E-state index in [0.29, 0.717) is 0 Å². The summed E-state index contributed by atoms with van der Waals surface area (Å²) in [5, 5.41) is 0. The van der Waals surface area contributed by atoms with Crippen LogP contribution in [0.5, 0.6) is 0 Å². The quantitative estimate of drug-likeness (QED) is 0.859. The number of imidazole rings is 2. The highest BCUT2D eigenvalue weighted by atomic mass is 16.0. The lowest BCUT2D eigenvalue weighted by atomic mass is 10.3. The number of nitrogens with zero attached hydrogens (tertiary/aromatic N) is 3. The van der Waals surface area contributed by atoms with Gasteiger partial charge in [0, 0.05) is 25.4 Å². The third-order valence-electron chi connectivity index (χ3n) is 2.73. The second kappa shape index (κ2) is 6.20. The zero-order chi connectivity index (χ0) is 11.4. The van der Waals surface area contributed by atoms with E-state index in [-0.39, 0.29) is 5.48 Å². The molecule has 5 nitrogen and oxygen atoms in total. The summed E-state index contributed by atoms with van der Waals surface area (Å²) >= 11 is 0. The van der Waals surface area contributed by atoms with E-state index in [1.54, 1.807) is 6.20 Å². The summed E-state index contributed by atoms with van der Waals surface area (Å²) in [6, 6.07) is 0. The van der Waals surface area contributed by atoms with Gasteiger partial charge in [-0.15, -0.1) is 0 Å². The smallest absolute Gasteiger partial charge is 0.155 e. The van der Waals surface area contributed by atoms with Crippen LogP contribution in [0.3, 0.4) is 0 Å². The molecule has 0 saturated carbocycles. The number of aromatic amines is 1. The highest BCUT2D eigenvalue weighted by Gasteiger charge is 2.11. The predicted octanol–water partition coefficient (Wildman–Crippen LogP) is 1.81. The summed E-state index contributed by atoms with van der Waals surface area (Å²) in [6.45, 7) is 5.36. The van der Waals surface area contributed by atoms with Crippen molar-refractivity contribution in [3.63, 3.8) is 0 Å². The number of hydrogen-bond acceptors (Lipinski definition) is 2. The molecular weight excluding hydrogens is 216 g/mol. The van der Waals surface area contributed by atoms with Crippen molar-refractivity contribution in [1.82, 2.24) is 19.5 Å². The van der Waals surface area contributed by atoms with Crippen LogP contribution in [-0.4, -0.2) is 25.0 Å². The number of H-pyrrole nitrogens is 1. The lowest BCUT2D eigenvalue weighted by Gasteiger charge is -2.08. The number of nitrogens with one attached hydrogen (secondary N) is 1. The monoisotopic (exact) mass is 236 g/mol. The largest absolute Gasteiger partial charge is 0.412 e. The molecule has 0 aliphatic rings. The molecule has 94 valence electrons. The summed E-state index contributed by atoms with van der Waals surface area (Å²) in [7, 11) is 0. The van der Waals surface area contributed by atoms with Crippen LogP contribution in [0.15, 0.2) is 18.6 Å². The molecule has 0 bridgehead atoms. The van der Waals surface area contributed by atoms with Crippen LogP contribution in [0.4, 0.5) is 0 Å². The summed E-state index contributed by atoms with van der Waals surface area (Å²) in [4.78, 5) is 11.9. The van der Waals surface area contributed by atoms with Crippen molar-refractivity contribution in [1.29, 1.82) is 0 Å². The Morgan fingerprint density at radius 2 is 2.12 bits per heavy atom. The maximum absolute atomic E-state index is 4.45. The molecule has 5 heteroatoms. The first kappa shape index (κ1) is 13.4. The number of aryl methyl sites for hydroxylation is 1. The molecule has 3 N–H and O–H groups in total. The highest BCUT2D eigenvalue weighted by molar-refractivity contribution is 5.49. The highest BCUT2D eigenvalue weighted by Crippen LogP contribution is 2.17. The van der Waals surface area contributed by atoms with Gasteiger partial charge in [0.25, 0.3) is 0 Å². The van der Waals surface area contributed by atoms with Gasteiger partial charge in [-0.1, -0.05) is 20.3 Å². The molecular formula is C12H20N4O. The van der Waals surface area contributed by atoms with Crippen molar-refractivity contribution in [3.8, 4) is 11.5 Å². The zero-order valence-corrected chi connectivity index (χ0v) is 10.4. The average molecular weight is 236 g/mol. The lowest BCUT2D eigenvalue weighted by Crippen LogP contribution is -2.05. The first-order valence-electron chi connectivity index (χ1n) is 5.91. The van der Waals surface area contributed by atoms with Crippen LogP contribution in [0.25, 0.3) is 11.5 Å². The van der Waals surface area contributed by atoms with Crippen molar-refractivity contribution in [2.24, 2.45) is 0 Å². The molecule has 2 heterocycles. The predicted molar refractivity (Wildman–Crippen MR) is 67.7 cm³/mol. The Balaban J connectivity index is 0.00000144. The Morgan fingerprint density at radius 1 is 1.29 bits per heavy atom. The molecule has 0 atom stereocenters. The number of hydrogen-bond donors (Lipinski definition) is 1. The van der Waals surface area contributed by atoms with Crippen LogP contribution < -0.4 is 0 Å². The van der Waals surface area contributed by atoms with Crippen LogP contribution in [0.1, 0.15) is 32.5 Å². The molecule has 0 aromatic carbocycles. The molecule has 0 fully saturated rings. The van der Waals surface area contributed by atoms with Gasteiger partial charge in [0.15, 0.2) is 5.82 Å². The molecule has 0 saturated heterocycles. The van der Waals surface area contributed by atoms with Crippen LogP contribution in [0, 0.1) is 0 Å². The van der Waals surface area contributed by atoms with E-state index in [4.69, 9.17) is 0 Å². The first-order chi connectivity index (χ1) is 7.86. The zero-order valence-electron chi connectivity index (χ0n) is 10.4. The van der Waals surface area contributed by atoms with Crippen molar-refractivity contribution in [3.05, 3.63) is 24.4 Å². The lowest BCUT2D eigenvalue weighted by molar-refractivity contribution is 0.609. The topological polar surface area (TPSA) is 78.0 Å². The Kier molecular flexibility index (Phi) is 4.90. The van der Waals surface area contributed by atoms with Gasteiger partial charge in [-0.2, -0.15) is 0 Å². The number of rotatable bonds is 5. The molecule has 0 unspecified atom stereocenters. The van der Waals surface area contributed by atoms with Gasteiger partial charge in [-0.25, -0.2) is 9.97 Å². The van der Waals surface area contributed by atoms with E-state index < -0.39 is 0 Å². The third kappa shape index (κ3) is 2.74. The minimum atomic E-state index is 0. The summed E-state index contributed by atoms with van der Waals surface area (Å²) in [6.07, 6.45) is 8.87. The van der Waals surface area contributed by atoms with E-state index in [0.717, 1.165) is 30.3 Å². The Bertz CT molecular complexity index is 433. The minimum absolute atomic E-state index is 0. The Labute approximate surface area is 101 Å². The molecule has 0 spiro atoms. The summed E-state index contributed by atoms with van der Waals surface area (Å²) in [5.41, 5.74) is 1.09. The fraction of sp³-hybridized carbons (Fsp3) is 0.500. The van der Waals surface area contributed by atoms with Crippen molar-refractivity contribution in [2.75, 3.05) is 0 Å². The number of aromatic nitrogens is 4. The van der Waals surface area contributed by atoms with E-state index in [1.165, 1.54) is 12.8 Å². The van der Waals surface area contributed by atoms with Crippen molar-refractivity contribution in [2.45, 2.75) is 39.7 Å². The minimum Gasteiger partial charge on any atom is -0.412 e. The number of unbranched alkanes of at least 4 members (excludes halogenated alkanes) is 1. The molecule has 0 aliphatic heterocycles. The molecule has 2 aromatic rings. The molecule has 17 heavy (non-hydrogen) atoms. The third-order valence-corrected chi connectivity index (χ3v) is 2.73. The van der Waals surface area contributed by atoms with Crippen LogP contribution in [0.2, 0.25) is 0 Å². The maximum atomic E-state index is 4.45. The normalized spacial score (nSPS) is 10.2. The Morgan fingerprint density at radius 3 is 2.71 bits per heavy atom. The van der Waals surface area contributed by atoms with Crippen LogP contribution in [-0.2, 0) is 13.0 Å². The first-order valence-corrected chi connectivity index (χ1v) is 5.91. The molecule has 0 amide bonds. The van der Waals surface area contributed by atoms with Crippen molar-refractivity contribution < 1.29 is 5.48 Å². The standard InChI is InChI=1S/C12H18N4.H2O/c1-3-5-8-16-10(9-15-11(16)4-2)12-13-6-7-14-12;/h6-7,9H,3-5,8H2,1-2H3,(H,13,14);1H2. The van der Waals surface area contributed by atoms with E-state index in [1.807, 2.05) is 12.4 Å². The SMILES string of the molecule is CCCCn1c(-c2ncc[nH]2)cnc1CC.O. The van der Waals surface area contributed by atoms with Gasteiger partial charge >= 0.3 is 0 Å². The van der Waals surface area contributed by atoms with E-state index in [2.05, 4.69) is 33.4 Å². The fourth-order valence-corrected chi connectivity index (χ4v) is 1.86. The van der Waals surface area contributed by atoms with Crippen LogP contribution >= 0.6 is 0 Å². The second-order valence-corrected chi connectivity index (χ2v) is 3.86. The van der Waals surface area contributed by atoms with Gasteiger partial charge in [0.1, 0.15) is 11.5 Å². The molecule has 2 rings (SSSR count). The maximum Gasteiger partial charge on any atom is 0.155 e. The van der Waals surface area contributed by atoms with Gasteiger partial charge in [-0.3, -0.25) is 0 Å². The van der Waals surface area contributed by atoms with Gasteiger partial charge in [-0.05, 0) is 6.42 Å². The fourth-order valence-electron chi connectivity index (χ4n) is 1.86. The van der Waals surface area contributed by atoms with Crippen molar-refractivity contribution >= 4 is 0 Å². The summed E-state index contributed by atoms with van der Waals surface area (Å²) < 4.78 is 2.27. The molecule has 0 radical (unpaired) electrons. The molecule has 2 aromatic heterocycles. The van der Waals surface area contributed by atoms with E-state index in [9.17, 15) is 0 Å². The molecule has 0 aliphatic carbocycles. The average Bonchev–Trinajstić information content (AvgIpc) is 2.94. The van der Waals surface area contributed by atoms with Gasteiger partial charge in [0.05, 0.1) is 6.20 Å². The van der Waals surface area contributed by atoms with Gasteiger partial charge < -0.3 is 15.0 Å². The van der Waals surface area contributed by atoms with Gasteiger partial charge in [0.2, 0.25) is 0 Å². The Hall–Kier alpha value is -1.62. The van der Waals surface area contributed by atoms with E-state index >= 15 is 0 Å². The second-order valence-electron chi connectivity index (χ2n) is 3.86. The summed E-state index contributed by atoms with van der Waals surface area (Å²) in [5.74, 6) is 2.04.